The second kappa shape index (κ2) is 7.50. The number of nitrogens with zero attached hydrogens (tertiary/aromatic N) is 5. The Morgan fingerprint density at radius 1 is 1.17 bits per heavy atom. The van der Waals surface area contributed by atoms with Gasteiger partial charge in [-0.2, -0.15) is 5.10 Å². The van der Waals surface area contributed by atoms with Crippen molar-refractivity contribution < 1.29 is 4.79 Å². The smallest absolute Gasteiger partial charge is 0.242 e. The largest absolute Gasteiger partial charge is 0.350 e. The van der Waals surface area contributed by atoms with Gasteiger partial charge in [-0.1, -0.05) is 18.2 Å². The first-order valence-electron chi connectivity index (χ1n) is 9.57. The molecule has 1 amide bonds. The van der Waals surface area contributed by atoms with Crippen LogP contribution < -0.4 is 5.32 Å². The lowest BCUT2D eigenvalue weighted by Gasteiger charge is -2.11. The van der Waals surface area contributed by atoms with Crippen molar-refractivity contribution in [2.45, 2.75) is 33.9 Å². The molecule has 0 spiro atoms. The van der Waals surface area contributed by atoms with Crippen molar-refractivity contribution >= 4 is 16.8 Å². The lowest BCUT2D eigenvalue weighted by molar-refractivity contribution is -0.122. The zero-order valence-electron chi connectivity index (χ0n) is 17.1. The maximum absolute atomic E-state index is 12.5. The van der Waals surface area contributed by atoms with E-state index in [9.17, 15) is 4.79 Å². The maximum atomic E-state index is 12.5. The van der Waals surface area contributed by atoms with Gasteiger partial charge in [0.15, 0.2) is 0 Å². The summed E-state index contributed by atoms with van der Waals surface area (Å²) in [6.45, 7) is 6.29. The molecule has 0 unspecified atom stereocenters. The molecule has 0 atom stereocenters. The van der Waals surface area contributed by atoms with Crippen LogP contribution in [0.5, 0.6) is 0 Å². The zero-order chi connectivity index (χ0) is 20.5. The number of hydrogen-bond acceptors (Lipinski definition) is 4. The molecule has 0 saturated carbocycles. The number of carbonyl (C=O) groups excluding carboxylic acids is 1. The molecule has 0 aliphatic heterocycles. The fourth-order valence-electron chi connectivity index (χ4n) is 3.61. The Morgan fingerprint density at radius 3 is 2.72 bits per heavy atom. The van der Waals surface area contributed by atoms with Gasteiger partial charge in [-0.3, -0.25) is 9.48 Å². The summed E-state index contributed by atoms with van der Waals surface area (Å²) in [6, 6.07) is 10.2. The number of aryl methyl sites for hydroxylation is 4. The summed E-state index contributed by atoms with van der Waals surface area (Å²) < 4.78 is 3.80. The van der Waals surface area contributed by atoms with E-state index >= 15 is 0 Å². The number of aromatic nitrogens is 5. The molecule has 3 aromatic heterocycles. The minimum Gasteiger partial charge on any atom is -0.350 e. The first kappa shape index (κ1) is 18.9. The first-order valence-corrected chi connectivity index (χ1v) is 9.57. The number of amides is 1. The van der Waals surface area contributed by atoms with Crippen LogP contribution in [0.4, 0.5) is 0 Å². The van der Waals surface area contributed by atoms with E-state index in [1.54, 1.807) is 10.9 Å². The Balaban J connectivity index is 1.60. The highest BCUT2D eigenvalue weighted by atomic mass is 16.2. The maximum Gasteiger partial charge on any atom is 0.242 e. The number of carbonyl (C=O) groups is 1. The molecule has 1 aromatic carbocycles. The monoisotopic (exact) mass is 388 g/mol. The Morgan fingerprint density at radius 2 is 1.97 bits per heavy atom. The highest BCUT2D eigenvalue weighted by Crippen LogP contribution is 2.30. The third-order valence-electron chi connectivity index (χ3n) is 5.01. The normalized spacial score (nSPS) is 11.2. The summed E-state index contributed by atoms with van der Waals surface area (Å²) >= 11 is 0. The Hall–Kier alpha value is -3.48. The molecular weight excluding hydrogens is 364 g/mol. The van der Waals surface area contributed by atoms with Crippen LogP contribution in [0.1, 0.15) is 22.8 Å². The Bertz CT molecular complexity index is 1200. The highest BCUT2D eigenvalue weighted by Gasteiger charge is 2.15. The summed E-state index contributed by atoms with van der Waals surface area (Å²) in [5.41, 5.74) is 5.78. The van der Waals surface area contributed by atoms with E-state index in [1.165, 1.54) is 0 Å². The van der Waals surface area contributed by atoms with Crippen molar-refractivity contribution in [1.29, 1.82) is 0 Å². The molecule has 0 radical (unpaired) electrons. The number of fused-ring (bicyclic) bond motifs is 1. The predicted octanol–water partition coefficient (Wildman–Crippen LogP) is 3.07. The molecule has 4 rings (SSSR count). The van der Waals surface area contributed by atoms with Gasteiger partial charge in [0.25, 0.3) is 0 Å². The topological polar surface area (TPSA) is 77.6 Å². The van der Waals surface area contributed by atoms with Gasteiger partial charge in [0.1, 0.15) is 12.4 Å². The summed E-state index contributed by atoms with van der Waals surface area (Å²) in [7, 11) is 2.02. The van der Waals surface area contributed by atoms with Crippen molar-refractivity contribution in [3.05, 3.63) is 65.5 Å². The molecule has 148 valence electrons. The summed E-state index contributed by atoms with van der Waals surface area (Å²) in [4.78, 5) is 21.5. The number of benzene rings is 1. The summed E-state index contributed by atoms with van der Waals surface area (Å²) in [5.74, 6) is 0.603. The van der Waals surface area contributed by atoms with Crippen LogP contribution in [0.2, 0.25) is 0 Å². The van der Waals surface area contributed by atoms with Crippen LogP contribution in [-0.4, -0.2) is 30.2 Å². The van der Waals surface area contributed by atoms with E-state index in [0.29, 0.717) is 12.4 Å². The third kappa shape index (κ3) is 3.76. The fraction of sp³-hybridized carbons (Fsp3) is 0.273. The molecular formula is C22H24N6O. The molecule has 7 heteroatoms. The minimum atomic E-state index is -0.0966. The average Bonchev–Trinajstić information content (AvgIpc) is 3.19. The van der Waals surface area contributed by atoms with E-state index in [0.717, 1.165) is 39.1 Å². The van der Waals surface area contributed by atoms with Crippen LogP contribution in [0, 0.1) is 20.8 Å². The van der Waals surface area contributed by atoms with Crippen LogP contribution in [0.3, 0.4) is 0 Å². The molecule has 0 fully saturated rings. The second-order valence-electron chi connectivity index (χ2n) is 7.32. The van der Waals surface area contributed by atoms with Gasteiger partial charge in [0, 0.05) is 53.7 Å². The number of para-hydroxylation sites is 1. The average molecular weight is 388 g/mol. The van der Waals surface area contributed by atoms with Crippen molar-refractivity contribution in [2.75, 3.05) is 0 Å². The zero-order valence-corrected chi connectivity index (χ0v) is 17.1. The molecule has 3 heterocycles. The van der Waals surface area contributed by atoms with Gasteiger partial charge >= 0.3 is 0 Å². The number of hydrogen-bond donors (Lipinski definition) is 1. The third-order valence-corrected chi connectivity index (χ3v) is 5.01. The van der Waals surface area contributed by atoms with Gasteiger partial charge in [-0.25, -0.2) is 9.97 Å². The van der Waals surface area contributed by atoms with E-state index in [2.05, 4.69) is 38.3 Å². The highest BCUT2D eigenvalue weighted by molar-refractivity contribution is 5.95. The van der Waals surface area contributed by atoms with Crippen LogP contribution in [0.15, 0.2) is 42.7 Å². The molecule has 0 bridgehead atoms. The molecule has 7 nitrogen and oxygen atoms in total. The summed E-state index contributed by atoms with van der Waals surface area (Å²) in [5, 5.41) is 8.46. The number of rotatable bonds is 5. The lowest BCUT2D eigenvalue weighted by Crippen LogP contribution is -2.28. The minimum absolute atomic E-state index is 0.0966. The van der Waals surface area contributed by atoms with E-state index < -0.39 is 0 Å². The Labute approximate surface area is 169 Å². The van der Waals surface area contributed by atoms with Crippen molar-refractivity contribution in [1.82, 2.24) is 29.6 Å². The summed E-state index contributed by atoms with van der Waals surface area (Å²) in [6.07, 6.45) is 3.87. The van der Waals surface area contributed by atoms with Crippen LogP contribution in [0.25, 0.3) is 22.2 Å². The molecule has 29 heavy (non-hydrogen) atoms. The van der Waals surface area contributed by atoms with E-state index in [-0.39, 0.29) is 12.5 Å². The van der Waals surface area contributed by atoms with Crippen molar-refractivity contribution in [3.63, 3.8) is 0 Å². The van der Waals surface area contributed by atoms with Crippen molar-refractivity contribution in [3.8, 4) is 11.3 Å². The van der Waals surface area contributed by atoms with Gasteiger partial charge in [0.2, 0.25) is 5.91 Å². The van der Waals surface area contributed by atoms with Gasteiger partial charge in [-0.05, 0) is 32.9 Å². The molecule has 0 aliphatic rings. The fourth-order valence-corrected chi connectivity index (χ4v) is 3.61. The van der Waals surface area contributed by atoms with Crippen LogP contribution in [-0.2, 0) is 24.9 Å². The predicted molar refractivity (Wildman–Crippen MR) is 112 cm³/mol. The quantitative estimate of drug-likeness (QED) is 0.570. The molecule has 0 aliphatic carbocycles. The van der Waals surface area contributed by atoms with Crippen LogP contribution >= 0.6 is 0 Å². The first-order chi connectivity index (χ1) is 13.9. The van der Waals surface area contributed by atoms with E-state index in [1.807, 2.05) is 46.0 Å². The number of nitrogens with one attached hydrogen (secondary N) is 1. The SMILES string of the molecule is Cc1cc(C)n(CC(=O)NCc2cnc(C)nc2-c2cn(C)c3ccccc23)n1. The standard InChI is InChI=1S/C22H24N6O/c1-14-9-15(2)28(26-14)13-21(29)24-11-17-10-23-16(3)25-22(17)19-12-27(4)20-8-6-5-7-18(19)20/h5-10,12H,11,13H2,1-4H3,(H,24,29). The van der Waals surface area contributed by atoms with Crippen molar-refractivity contribution in [2.24, 2.45) is 7.05 Å². The van der Waals surface area contributed by atoms with Gasteiger partial charge in [-0.15, -0.1) is 0 Å². The molecule has 0 saturated heterocycles. The lowest BCUT2D eigenvalue weighted by atomic mass is 10.1. The molecule has 4 aromatic rings. The van der Waals surface area contributed by atoms with E-state index in [4.69, 9.17) is 4.98 Å². The van der Waals surface area contributed by atoms with Gasteiger partial charge in [0.05, 0.1) is 11.4 Å². The molecule has 1 N–H and O–H groups in total. The second-order valence-corrected chi connectivity index (χ2v) is 7.32. The van der Waals surface area contributed by atoms with Gasteiger partial charge < -0.3 is 9.88 Å². The Kier molecular flexibility index (Phi) is 4.88.